The van der Waals surface area contributed by atoms with Crippen LogP contribution in [0.5, 0.6) is 0 Å². The van der Waals surface area contributed by atoms with Crippen LogP contribution in [0.25, 0.3) is 0 Å². The van der Waals surface area contributed by atoms with Gasteiger partial charge in [-0.3, -0.25) is 0 Å². The van der Waals surface area contributed by atoms with Crippen LogP contribution in [-0.2, 0) is 0 Å². The monoisotopic (exact) mass is 205 g/mol. The quantitative estimate of drug-likeness (QED) is 0.513. The Kier molecular flexibility index (Phi) is 5.76. The van der Waals surface area contributed by atoms with Crippen molar-refractivity contribution in [3.63, 3.8) is 0 Å². The van der Waals surface area contributed by atoms with Gasteiger partial charge in [0.25, 0.3) is 0 Å². The van der Waals surface area contributed by atoms with Crippen molar-refractivity contribution in [3.05, 3.63) is 48.7 Å². The first-order valence-corrected chi connectivity index (χ1v) is 5.26. The van der Waals surface area contributed by atoms with E-state index < -0.39 is 0 Å². The molecule has 0 aliphatic heterocycles. The maximum absolute atomic E-state index is 3.86. The minimum absolute atomic E-state index is 0.126. The Morgan fingerprint density at radius 3 is 2.33 bits per heavy atom. The van der Waals surface area contributed by atoms with Gasteiger partial charge in [0.05, 0.1) is 0 Å². The fourth-order valence-electron chi connectivity index (χ4n) is 1.28. The van der Waals surface area contributed by atoms with E-state index in [1.165, 1.54) is 11.1 Å². The van der Waals surface area contributed by atoms with Crippen LogP contribution < -0.4 is 5.32 Å². The summed E-state index contributed by atoms with van der Waals surface area (Å²) >= 11 is 0. The molecule has 0 spiro atoms. The summed E-state index contributed by atoms with van der Waals surface area (Å²) in [5, 5.41) is 3.07. The number of nitrogens with one attached hydrogen (secondary N) is 1. The van der Waals surface area contributed by atoms with E-state index in [1.807, 2.05) is 25.4 Å². The summed E-state index contributed by atoms with van der Waals surface area (Å²) in [4.78, 5) is 0. The highest BCUT2D eigenvalue weighted by molar-refractivity contribution is 5.28. The fourth-order valence-corrected chi connectivity index (χ4v) is 1.28. The summed E-state index contributed by atoms with van der Waals surface area (Å²) < 4.78 is 0. The van der Waals surface area contributed by atoms with Crippen LogP contribution in [-0.4, -0.2) is 7.05 Å². The van der Waals surface area contributed by atoms with Gasteiger partial charge in [0.15, 0.2) is 0 Å². The van der Waals surface area contributed by atoms with Crippen molar-refractivity contribution >= 4 is 0 Å². The molecule has 0 aromatic carbocycles. The highest BCUT2D eigenvalue weighted by Crippen LogP contribution is 2.27. The van der Waals surface area contributed by atoms with E-state index >= 15 is 0 Å². The molecule has 0 saturated carbocycles. The second kappa shape index (κ2) is 6.28. The maximum atomic E-state index is 3.86. The third-order valence-electron chi connectivity index (χ3n) is 2.28. The van der Waals surface area contributed by atoms with Gasteiger partial charge in [-0.25, -0.2) is 0 Å². The first kappa shape index (κ1) is 13.8. The Bertz CT molecular complexity index is 280. The van der Waals surface area contributed by atoms with Gasteiger partial charge >= 0.3 is 0 Å². The zero-order valence-electron chi connectivity index (χ0n) is 10.4. The Morgan fingerprint density at radius 2 is 1.93 bits per heavy atom. The predicted molar refractivity (Wildman–Crippen MR) is 69.7 cm³/mol. The van der Waals surface area contributed by atoms with Crippen molar-refractivity contribution in [2.45, 2.75) is 27.2 Å². The summed E-state index contributed by atoms with van der Waals surface area (Å²) in [6.45, 7) is 14.0. The van der Waals surface area contributed by atoms with Gasteiger partial charge in [0.2, 0.25) is 0 Å². The van der Waals surface area contributed by atoms with Crippen LogP contribution in [0, 0.1) is 5.41 Å². The molecule has 0 fully saturated rings. The molecule has 84 valence electrons. The summed E-state index contributed by atoms with van der Waals surface area (Å²) in [5.74, 6) is 0. The molecule has 0 heterocycles. The standard InChI is InChI=1S/C14H23N/c1-7-12(3)9-13(11-15-6)10-14(4,5)8-2/h7-9,11,15H,1-2,10H2,3-6H3/b12-9-,13-11-. The van der Waals surface area contributed by atoms with E-state index in [0.29, 0.717) is 0 Å². The van der Waals surface area contributed by atoms with Crippen molar-refractivity contribution < 1.29 is 0 Å². The second-order valence-corrected chi connectivity index (χ2v) is 4.47. The smallest absolute Gasteiger partial charge is 0.00278 e. The minimum Gasteiger partial charge on any atom is -0.394 e. The predicted octanol–water partition coefficient (Wildman–Crippen LogP) is 3.82. The Labute approximate surface area is 94.3 Å². The fraction of sp³-hybridized carbons (Fsp3) is 0.429. The van der Waals surface area contributed by atoms with Gasteiger partial charge in [0, 0.05) is 7.05 Å². The van der Waals surface area contributed by atoms with E-state index in [4.69, 9.17) is 0 Å². The molecule has 0 radical (unpaired) electrons. The van der Waals surface area contributed by atoms with E-state index in [0.717, 1.165) is 6.42 Å². The van der Waals surface area contributed by atoms with Gasteiger partial charge in [-0.2, -0.15) is 0 Å². The largest absolute Gasteiger partial charge is 0.394 e. The van der Waals surface area contributed by atoms with Crippen LogP contribution >= 0.6 is 0 Å². The van der Waals surface area contributed by atoms with Crippen molar-refractivity contribution in [1.29, 1.82) is 0 Å². The molecule has 0 aromatic heterocycles. The first-order valence-electron chi connectivity index (χ1n) is 5.26. The van der Waals surface area contributed by atoms with Crippen molar-refractivity contribution in [2.75, 3.05) is 7.05 Å². The number of hydrogen-bond acceptors (Lipinski definition) is 1. The first-order chi connectivity index (χ1) is 6.95. The SMILES string of the molecule is C=C/C(C)=C\C(=C\NC)CC(C)(C)C=C. The molecule has 0 bridgehead atoms. The van der Waals surface area contributed by atoms with Crippen LogP contribution in [0.1, 0.15) is 27.2 Å². The molecule has 0 aromatic rings. The molecule has 0 amide bonds. The molecule has 0 aliphatic rings. The average molecular weight is 205 g/mol. The van der Waals surface area contributed by atoms with Crippen molar-refractivity contribution in [1.82, 2.24) is 5.32 Å². The molecule has 0 saturated heterocycles. The van der Waals surface area contributed by atoms with Gasteiger partial charge in [-0.1, -0.05) is 44.2 Å². The number of allylic oxidation sites excluding steroid dienone is 5. The topological polar surface area (TPSA) is 12.0 Å². The van der Waals surface area contributed by atoms with Crippen LogP contribution in [0.3, 0.4) is 0 Å². The molecular weight excluding hydrogens is 182 g/mol. The third kappa shape index (κ3) is 5.95. The molecule has 1 N–H and O–H groups in total. The molecule has 0 aliphatic carbocycles. The highest BCUT2D eigenvalue weighted by Gasteiger charge is 2.14. The van der Waals surface area contributed by atoms with Crippen LogP contribution in [0.15, 0.2) is 48.7 Å². The van der Waals surface area contributed by atoms with Crippen LogP contribution in [0.4, 0.5) is 0 Å². The lowest BCUT2D eigenvalue weighted by Gasteiger charge is -2.20. The van der Waals surface area contributed by atoms with Crippen molar-refractivity contribution in [3.8, 4) is 0 Å². The molecule has 0 atom stereocenters. The van der Waals surface area contributed by atoms with Crippen molar-refractivity contribution in [2.24, 2.45) is 5.41 Å². The Morgan fingerprint density at radius 1 is 1.33 bits per heavy atom. The van der Waals surface area contributed by atoms with Crippen LogP contribution in [0.2, 0.25) is 0 Å². The zero-order chi connectivity index (χ0) is 11.9. The third-order valence-corrected chi connectivity index (χ3v) is 2.28. The Hall–Kier alpha value is -1.24. The summed E-state index contributed by atoms with van der Waals surface area (Å²) in [6.07, 6.45) is 9.01. The van der Waals surface area contributed by atoms with E-state index in [1.54, 1.807) is 0 Å². The second-order valence-electron chi connectivity index (χ2n) is 4.47. The van der Waals surface area contributed by atoms with Gasteiger partial charge in [-0.15, -0.1) is 6.58 Å². The van der Waals surface area contributed by atoms with Gasteiger partial charge < -0.3 is 5.32 Å². The van der Waals surface area contributed by atoms with Gasteiger partial charge in [0.1, 0.15) is 0 Å². The average Bonchev–Trinajstić information content (AvgIpc) is 2.17. The lowest BCUT2D eigenvalue weighted by molar-refractivity contribution is 0.480. The molecule has 15 heavy (non-hydrogen) atoms. The molecule has 1 heteroatoms. The lowest BCUT2D eigenvalue weighted by atomic mass is 9.85. The zero-order valence-corrected chi connectivity index (χ0v) is 10.4. The maximum Gasteiger partial charge on any atom is 0.00278 e. The Balaban J connectivity index is 4.78. The summed E-state index contributed by atoms with van der Waals surface area (Å²) in [7, 11) is 1.91. The van der Waals surface area contributed by atoms with E-state index in [9.17, 15) is 0 Å². The summed E-state index contributed by atoms with van der Waals surface area (Å²) in [5.41, 5.74) is 2.57. The molecular formula is C14H23N. The highest BCUT2D eigenvalue weighted by atomic mass is 14.8. The van der Waals surface area contributed by atoms with E-state index in [2.05, 4.69) is 45.3 Å². The normalized spacial score (nSPS) is 13.6. The molecule has 0 rings (SSSR count). The minimum atomic E-state index is 0.126. The molecule has 1 nitrogen and oxygen atoms in total. The molecule has 0 unspecified atom stereocenters. The number of hydrogen-bond donors (Lipinski definition) is 1. The van der Waals surface area contributed by atoms with Gasteiger partial charge in [-0.05, 0) is 30.5 Å². The number of rotatable bonds is 6. The van der Waals surface area contributed by atoms with E-state index in [-0.39, 0.29) is 5.41 Å². The summed E-state index contributed by atoms with van der Waals surface area (Å²) in [6, 6.07) is 0. The lowest BCUT2D eigenvalue weighted by Crippen LogP contribution is -2.09.